The number of benzene rings is 1. The number of rotatable bonds is 3. The van der Waals surface area contributed by atoms with Gasteiger partial charge < -0.3 is 4.74 Å². The second-order valence-electron chi connectivity index (χ2n) is 4.93. The Morgan fingerprint density at radius 2 is 2.33 bits per heavy atom. The Labute approximate surface area is 137 Å². The van der Waals surface area contributed by atoms with Crippen molar-refractivity contribution >= 4 is 28.9 Å². The summed E-state index contributed by atoms with van der Waals surface area (Å²) in [5.74, 6) is -0.804. The molecule has 0 fully saturated rings. The van der Waals surface area contributed by atoms with Gasteiger partial charge in [-0.3, -0.25) is 4.90 Å². The molecule has 3 rings (SSSR count). The third-order valence-electron chi connectivity index (χ3n) is 3.73. The summed E-state index contributed by atoms with van der Waals surface area (Å²) < 4.78 is 26.4. The van der Waals surface area contributed by atoms with Crippen LogP contribution in [0.15, 0.2) is 35.7 Å². The minimum Gasteiger partial charge on any atom is -0.468 e. The molecule has 0 saturated heterocycles. The van der Waals surface area contributed by atoms with E-state index in [2.05, 4.69) is 0 Å². The van der Waals surface area contributed by atoms with Crippen LogP contribution in [0.25, 0.3) is 0 Å². The fraction of sp³-hybridized carbons (Fsp3) is 0.312. The fourth-order valence-corrected chi connectivity index (χ4v) is 3.84. The Bertz CT molecular complexity index is 747. The molecule has 0 unspecified atom stereocenters. The number of hydrogen-bond acceptors (Lipinski definition) is 4. The van der Waals surface area contributed by atoms with Crippen molar-refractivity contribution in [3.63, 3.8) is 0 Å². The first-order chi connectivity index (χ1) is 11.3. The summed E-state index contributed by atoms with van der Waals surface area (Å²) in [6.45, 7) is 1.20. The van der Waals surface area contributed by atoms with E-state index in [1.807, 2.05) is 16.3 Å². The minimum absolute atomic E-state index is 0.418. The molecule has 21 heavy (non-hydrogen) atoms. The van der Waals surface area contributed by atoms with Crippen LogP contribution in [0, 0.1) is 0 Å². The second-order valence-corrected chi connectivity index (χ2v) is 6.34. The monoisotopic (exact) mass is 324 g/mol. The smallest absolute Gasteiger partial charge is 0.327 e. The van der Waals surface area contributed by atoms with Crippen molar-refractivity contribution in [1.29, 1.82) is 0 Å². The molecule has 1 aromatic heterocycles. The number of carbonyl (C=O) groups is 1. The van der Waals surface area contributed by atoms with Gasteiger partial charge in [0.05, 0.1) is 11.2 Å². The van der Waals surface area contributed by atoms with E-state index in [0.717, 1.165) is 12.0 Å². The van der Waals surface area contributed by atoms with Gasteiger partial charge in [0.25, 0.3) is 0 Å². The van der Waals surface area contributed by atoms with Crippen LogP contribution in [0.5, 0.6) is 0 Å². The quantitative estimate of drug-likeness (QED) is 0.807. The maximum atomic E-state index is 12.6. The summed E-state index contributed by atoms with van der Waals surface area (Å²) in [6.07, 6.45) is 0.814. The van der Waals surface area contributed by atoms with Crippen LogP contribution in [-0.4, -0.2) is 24.5 Å². The summed E-state index contributed by atoms with van der Waals surface area (Å²) in [5, 5.41) is 2.44. The number of esters is 1. The third-order valence-corrected chi connectivity index (χ3v) is 5.09. The number of ether oxygens (including phenoxy) is 1. The van der Waals surface area contributed by atoms with E-state index in [0.29, 0.717) is 23.7 Å². The van der Waals surface area contributed by atoms with E-state index in [9.17, 15) is 4.79 Å². The summed E-state index contributed by atoms with van der Waals surface area (Å²) in [7, 11) is -2.78. The molecular weight excluding hydrogens is 306 g/mol. The van der Waals surface area contributed by atoms with Crippen molar-refractivity contribution in [2.45, 2.75) is 19.0 Å². The Hall–Kier alpha value is -1.36. The lowest BCUT2D eigenvalue weighted by Crippen LogP contribution is -2.38. The molecule has 1 aromatic carbocycles. The van der Waals surface area contributed by atoms with Gasteiger partial charge in [0, 0.05) is 23.0 Å². The largest absolute Gasteiger partial charge is 0.468 e. The van der Waals surface area contributed by atoms with Gasteiger partial charge in [0.1, 0.15) is 6.04 Å². The van der Waals surface area contributed by atoms with Crippen LogP contribution in [-0.2, 0) is 22.5 Å². The molecule has 2 heterocycles. The molecule has 0 aliphatic carbocycles. The number of fused-ring (bicyclic) bond motifs is 1. The maximum absolute atomic E-state index is 12.6. The van der Waals surface area contributed by atoms with E-state index in [1.165, 1.54) is 4.88 Å². The average molecular weight is 325 g/mol. The van der Waals surface area contributed by atoms with Gasteiger partial charge in [-0.15, -0.1) is 11.3 Å². The van der Waals surface area contributed by atoms with Crippen molar-refractivity contribution < 1.29 is 13.6 Å². The van der Waals surface area contributed by atoms with Crippen molar-refractivity contribution in [2.24, 2.45) is 0 Å². The van der Waals surface area contributed by atoms with E-state index in [4.69, 9.17) is 20.5 Å². The van der Waals surface area contributed by atoms with Crippen LogP contribution < -0.4 is 0 Å². The van der Waals surface area contributed by atoms with Crippen molar-refractivity contribution in [3.05, 3.63) is 56.7 Å². The zero-order valence-electron chi connectivity index (χ0n) is 14.2. The molecule has 5 heteroatoms. The van der Waals surface area contributed by atoms with Gasteiger partial charge in [0.15, 0.2) is 0 Å². The Balaban J connectivity index is 1.94. The average Bonchev–Trinajstić information content (AvgIpc) is 2.95. The van der Waals surface area contributed by atoms with Crippen LogP contribution in [0.1, 0.15) is 26.2 Å². The van der Waals surface area contributed by atoms with Crippen LogP contribution in [0.4, 0.5) is 0 Å². The Morgan fingerprint density at radius 1 is 1.48 bits per heavy atom. The summed E-state index contributed by atoms with van der Waals surface area (Å²) >= 11 is 7.96. The van der Waals surface area contributed by atoms with E-state index < -0.39 is 19.0 Å². The van der Waals surface area contributed by atoms with Gasteiger partial charge in [-0.25, -0.2) is 4.79 Å². The summed E-state index contributed by atoms with van der Waals surface area (Å²) in [4.78, 5) is 15.8. The minimum atomic E-state index is -2.78. The number of methoxy groups -OCH3 is 1. The molecule has 1 aliphatic heterocycles. The molecule has 1 atom stereocenters. The predicted molar refractivity (Wildman–Crippen MR) is 84.6 cm³/mol. The number of thiophene rings is 1. The molecule has 3 nitrogen and oxygen atoms in total. The Kier molecular flexibility index (Phi) is 3.31. The molecule has 0 spiro atoms. The Morgan fingerprint density at radius 3 is 3.14 bits per heavy atom. The van der Waals surface area contributed by atoms with Gasteiger partial charge in [-0.05, 0) is 35.1 Å². The zero-order valence-corrected chi connectivity index (χ0v) is 12.8. The normalized spacial score (nSPS) is 19.0. The lowest BCUT2D eigenvalue weighted by Gasteiger charge is -2.33. The van der Waals surface area contributed by atoms with Crippen LogP contribution >= 0.6 is 22.9 Å². The van der Waals surface area contributed by atoms with Gasteiger partial charge >= 0.3 is 5.97 Å². The van der Waals surface area contributed by atoms with Gasteiger partial charge in [0.2, 0.25) is 0 Å². The molecule has 2 aromatic rings. The molecular formula is C16H16ClNO2S. The number of halogens is 1. The molecule has 1 aliphatic rings. The second kappa shape index (κ2) is 6.18. The molecule has 0 radical (unpaired) electrons. The van der Waals surface area contributed by atoms with Crippen LogP contribution in [0.2, 0.25) is 5.02 Å². The summed E-state index contributed by atoms with van der Waals surface area (Å²) in [6, 6.07) is 8.16. The van der Waals surface area contributed by atoms with Gasteiger partial charge in [-0.2, -0.15) is 0 Å². The standard InChI is InChI=1S/C16H16ClNO2S/c1-20-16(19)15(12-4-2-3-5-13(12)17)18-8-6-14-11(10-18)7-9-21-14/h2-5,7,9,15H,6,8,10H2,1H3/t15-/m0/s1/i1D3. The number of nitrogens with zero attached hydrogens (tertiary/aromatic N) is 1. The number of carbonyl (C=O) groups excluding carboxylic acids is 1. The van der Waals surface area contributed by atoms with E-state index >= 15 is 0 Å². The lowest BCUT2D eigenvalue weighted by atomic mass is 10.0. The highest BCUT2D eigenvalue weighted by atomic mass is 35.5. The highest BCUT2D eigenvalue weighted by Crippen LogP contribution is 2.33. The molecule has 0 N–H and O–H groups in total. The van der Waals surface area contributed by atoms with Crippen molar-refractivity contribution in [1.82, 2.24) is 4.90 Å². The number of hydrogen-bond donors (Lipinski definition) is 0. The van der Waals surface area contributed by atoms with E-state index in [-0.39, 0.29) is 0 Å². The first kappa shape index (κ1) is 11.2. The highest BCUT2D eigenvalue weighted by Gasteiger charge is 2.32. The third kappa shape index (κ3) is 2.84. The first-order valence-electron chi connectivity index (χ1n) is 8.12. The van der Waals surface area contributed by atoms with Crippen molar-refractivity contribution in [2.75, 3.05) is 13.6 Å². The summed E-state index contributed by atoms with van der Waals surface area (Å²) in [5.41, 5.74) is 1.72. The van der Waals surface area contributed by atoms with E-state index in [1.54, 1.807) is 35.6 Å². The topological polar surface area (TPSA) is 29.5 Å². The first-order valence-corrected chi connectivity index (χ1v) is 7.87. The highest BCUT2D eigenvalue weighted by molar-refractivity contribution is 7.10. The molecule has 0 amide bonds. The lowest BCUT2D eigenvalue weighted by molar-refractivity contribution is -0.147. The van der Waals surface area contributed by atoms with Crippen LogP contribution in [0.3, 0.4) is 0 Å². The fourth-order valence-electron chi connectivity index (χ4n) is 2.72. The molecule has 0 saturated carbocycles. The zero-order chi connectivity index (χ0) is 17.3. The molecule has 0 bridgehead atoms. The SMILES string of the molecule is [2H]C([2H])([2H])OC(=O)[C@H](c1ccccc1Cl)N1CCc2sccc2C1. The molecule has 110 valence electrons. The predicted octanol–water partition coefficient (Wildman–Crippen LogP) is 3.67. The van der Waals surface area contributed by atoms with Gasteiger partial charge in [-0.1, -0.05) is 29.8 Å². The maximum Gasteiger partial charge on any atom is 0.327 e. The van der Waals surface area contributed by atoms with Crippen molar-refractivity contribution in [3.8, 4) is 0 Å².